The summed E-state index contributed by atoms with van der Waals surface area (Å²) in [6.07, 6.45) is 3.57. The number of nitrogens with zero attached hydrogens (tertiary/aromatic N) is 2. The van der Waals surface area contributed by atoms with Crippen LogP contribution in [0.25, 0.3) is 0 Å². The van der Waals surface area contributed by atoms with Crippen LogP contribution in [0.4, 0.5) is 0 Å². The fourth-order valence-corrected chi connectivity index (χ4v) is 0.896. The number of carboxylic acid groups (broad SMARTS) is 4. The molecule has 0 aromatic carbocycles. The first-order valence-electron chi connectivity index (χ1n) is 13.2. The van der Waals surface area contributed by atoms with Gasteiger partial charge in [-0.1, -0.05) is 95.2 Å². The Kier molecular flexibility index (Phi) is 31.1. The third-order valence-electron chi connectivity index (χ3n) is 4.08. The molecular weight excluding hydrogens is 658 g/mol. The molecule has 2 rings (SSSR count). The van der Waals surface area contributed by atoms with Crippen LogP contribution < -0.4 is 20.4 Å². The van der Waals surface area contributed by atoms with Crippen LogP contribution in [0.2, 0.25) is 0 Å². The maximum absolute atomic E-state index is 9.91. The number of aromatic nitrogens is 2. The number of aryl methyl sites for hydroxylation is 2. The molecule has 0 amide bonds. The molecule has 0 spiro atoms. The molecule has 0 atom stereocenters. The molecule has 0 fully saturated rings. The summed E-state index contributed by atoms with van der Waals surface area (Å²) in [7, 11) is 0. The molecule has 10 nitrogen and oxygen atoms in total. The van der Waals surface area contributed by atoms with Crippen LogP contribution in [-0.4, -0.2) is 33.8 Å². The molecule has 0 radical (unpaired) electrons. The van der Waals surface area contributed by atoms with Crippen molar-refractivity contribution in [1.29, 1.82) is 0 Å². The third kappa shape index (κ3) is 41.3. The Bertz CT molecular complexity index is 905. The zero-order chi connectivity index (χ0) is 34.5. The van der Waals surface area contributed by atoms with Gasteiger partial charge in [0.05, 0.1) is 0 Å². The summed E-state index contributed by atoms with van der Waals surface area (Å²) in [5.74, 6) is -4.03. The van der Waals surface area contributed by atoms with E-state index in [2.05, 4.69) is 9.97 Å². The van der Waals surface area contributed by atoms with Crippen molar-refractivity contribution in [2.75, 3.05) is 0 Å². The van der Waals surface area contributed by atoms with E-state index in [-0.39, 0.29) is 33.0 Å². The summed E-state index contributed by atoms with van der Waals surface area (Å²) in [5.41, 5.74) is -0.634. The first-order valence-corrected chi connectivity index (χ1v) is 13.2. The maximum Gasteiger partial charge on any atom is 2.00 e. The van der Waals surface area contributed by atoms with Gasteiger partial charge in [-0.05, 0) is 38.1 Å². The molecule has 44 heavy (non-hydrogen) atoms. The Labute approximate surface area is 284 Å². The van der Waals surface area contributed by atoms with Crippen molar-refractivity contribution >= 4 is 23.9 Å². The minimum absolute atomic E-state index is 0. The first kappa shape index (κ1) is 53.7. The zero-order valence-electron chi connectivity index (χ0n) is 28.4. The molecule has 0 N–H and O–H groups in total. The Morgan fingerprint density at radius 1 is 0.455 bits per heavy atom. The summed E-state index contributed by atoms with van der Waals surface area (Å²) in [6, 6.07) is 11.7. The van der Waals surface area contributed by atoms with E-state index in [0.29, 0.717) is 0 Å². The molecule has 0 saturated heterocycles. The van der Waals surface area contributed by atoms with Crippen LogP contribution >= 0.6 is 0 Å². The molecule has 0 aliphatic carbocycles. The van der Waals surface area contributed by atoms with Gasteiger partial charge in [0.25, 0.3) is 0 Å². The van der Waals surface area contributed by atoms with Gasteiger partial charge in [0, 0.05) is 69.3 Å². The van der Waals surface area contributed by atoms with Crippen LogP contribution in [0.5, 0.6) is 0 Å². The van der Waals surface area contributed by atoms with Gasteiger partial charge >= 0.3 is 33.0 Å². The van der Waals surface area contributed by atoms with Gasteiger partial charge in [0.2, 0.25) is 0 Å². The van der Waals surface area contributed by atoms with E-state index in [1.807, 2.05) is 50.2 Å². The van der Waals surface area contributed by atoms with Gasteiger partial charge in [0.15, 0.2) is 0 Å². The predicted molar refractivity (Wildman–Crippen MR) is 156 cm³/mol. The van der Waals surface area contributed by atoms with Crippen molar-refractivity contribution < 1.29 is 72.6 Å². The summed E-state index contributed by atoms with van der Waals surface area (Å²) in [4.78, 5) is 47.6. The van der Waals surface area contributed by atoms with Crippen LogP contribution in [-0.2, 0) is 52.2 Å². The number of aliphatic carboxylic acids is 4. The minimum atomic E-state index is -1.01. The van der Waals surface area contributed by atoms with E-state index in [4.69, 9.17) is 0 Å². The van der Waals surface area contributed by atoms with Crippen molar-refractivity contribution in [2.45, 2.75) is 96.9 Å². The first-order chi connectivity index (χ1) is 18.6. The molecule has 2 aromatic rings. The number of hydrogen-bond acceptors (Lipinski definition) is 10. The van der Waals surface area contributed by atoms with Gasteiger partial charge in [0.1, 0.15) is 0 Å². The van der Waals surface area contributed by atoms with E-state index in [9.17, 15) is 39.6 Å². The van der Waals surface area contributed by atoms with Gasteiger partial charge < -0.3 is 39.6 Å². The molecule has 0 aliphatic rings. The van der Waals surface area contributed by atoms with Gasteiger partial charge in [-0.3, -0.25) is 9.97 Å². The summed E-state index contributed by atoms with van der Waals surface area (Å²) >= 11 is 0. The second kappa shape index (κ2) is 25.5. The number of pyridine rings is 2. The standard InChI is InChI=1S/2C6H7N.4C5H10O2.2Ni/c2*1-6-4-2-3-5-7-6;4*1-5(2,3)4(6)7;;/h2*2-5H,1H3;4*1-3H3,(H,6,7);;/q;;;;;;2*+2/p-4. The SMILES string of the molecule is CC(C)(C)C(=O)[O-].CC(C)(C)C(=O)[O-].CC(C)(C)C(=O)[O-].CC(C)(C)C(=O)[O-].Cc1ccccn1.Cc1ccccn1.[Ni+2].[Ni+2]. The molecular formula is C32H50N2Ni2O8. The predicted octanol–water partition coefficient (Wildman–Crippen LogP) is 1.90. The quantitative estimate of drug-likeness (QED) is 0.366. The second-order valence-electron chi connectivity index (χ2n) is 13.1. The number of carbonyl (C=O) groups excluding carboxylic acids is 4. The molecule has 2 aromatic heterocycles. The van der Waals surface area contributed by atoms with Gasteiger partial charge in [-0.25, -0.2) is 0 Å². The molecule has 0 bridgehead atoms. The van der Waals surface area contributed by atoms with Crippen LogP contribution in [0.15, 0.2) is 48.8 Å². The molecule has 0 saturated carbocycles. The Morgan fingerprint density at radius 3 is 0.659 bits per heavy atom. The van der Waals surface area contributed by atoms with Crippen molar-refractivity contribution in [2.24, 2.45) is 21.7 Å². The molecule has 256 valence electrons. The summed E-state index contributed by atoms with van der Waals surface area (Å²) < 4.78 is 0. The van der Waals surface area contributed by atoms with Crippen molar-refractivity contribution in [1.82, 2.24) is 9.97 Å². The maximum atomic E-state index is 9.91. The van der Waals surface area contributed by atoms with E-state index in [0.717, 1.165) is 11.4 Å². The van der Waals surface area contributed by atoms with E-state index >= 15 is 0 Å². The van der Waals surface area contributed by atoms with Crippen LogP contribution in [0.3, 0.4) is 0 Å². The largest absolute Gasteiger partial charge is 2.00 e. The molecule has 0 unspecified atom stereocenters. The van der Waals surface area contributed by atoms with Gasteiger partial charge in [-0.2, -0.15) is 0 Å². The molecule has 0 aliphatic heterocycles. The fraction of sp³-hybridized carbons (Fsp3) is 0.562. The monoisotopic (exact) mass is 706 g/mol. The van der Waals surface area contributed by atoms with E-state index in [1.54, 1.807) is 95.5 Å². The van der Waals surface area contributed by atoms with E-state index < -0.39 is 45.5 Å². The second-order valence-corrected chi connectivity index (χ2v) is 13.1. The number of carbonyl (C=O) groups is 4. The zero-order valence-corrected chi connectivity index (χ0v) is 30.4. The number of rotatable bonds is 0. The number of carboxylic acids is 4. The van der Waals surface area contributed by atoms with Crippen molar-refractivity contribution in [3.05, 3.63) is 60.2 Å². The topological polar surface area (TPSA) is 186 Å². The Morgan fingerprint density at radius 2 is 0.614 bits per heavy atom. The van der Waals surface area contributed by atoms with Gasteiger partial charge in [-0.15, -0.1) is 0 Å². The average Bonchev–Trinajstić information content (AvgIpc) is 2.79. The smallest absolute Gasteiger partial charge is 0.550 e. The van der Waals surface area contributed by atoms with Crippen LogP contribution in [0, 0.1) is 35.5 Å². The number of hydrogen-bond donors (Lipinski definition) is 0. The average molecular weight is 708 g/mol. The minimum Gasteiger partial charge on any atom is -0.550 e. The van der Waals surface area contributed by atoms with Crippen molar-refractivity contribution in [3.63, 3.8) is 0 Å². The molecule has 2 heterocycles. The molecule has 12 heteroatoms. The third-order valence-corrected chi connectivity index (χ3v) is 4.08. The fourth-order valence-electron chi connectivity index (χ4n) is 0.896. The Balaban J connectivity index is -0.0000000976. The van der Waals surface area contributed by atoms with Crippen molar-refractivity contribution in [3.8, 4) is 0 Å². The Hall–Kier alpha value is -2.83. The summed E-state index contributed by atoms with van der Waals surface area (Å²) in [5, 5.41) is 39.6. The normalized spacial score (nSPS) is 9.95. The summed E-state index contributed by atoms with van der Waals surface area (Å²) in [6.45, 7) is 23.1. The van der Waals surface area contributed by atoms with E-state index in [1.165, 1.54) is 0 Å². The van der Waals surface area contributed by atoms with Crippen LogP contribution in [0.1, 0.15) is 94.5 Å².